The van der Waals surface area contributed by atoms with Crippen molar-refractivity contribution in [3.63, 3.8) is 0 Å². The third-order valence-corrected chi connectivity index (χ3v) is 2.87. The van der Waals surface area contributed by atoms with E-state index >= 15 is 0 Å². The van der Waals surface area contributed by atoms with Crippen molar-refractivity contribution < 1.29 is 13.5 Å². The molecular formula is C5H7ClN4O3S. The smallest absolute Gasteiger partial charge is 0.253 e. The van der Waals surface area contributed by atoms with E-state index in [1.165, 1.54) is 0 Å². The van der Waals surface area contributed by atoms with Gasteiger partial charge in [-0.1, -0.05) is 0 Å². The summed E-state index contributed by atoms with van der Waals surface area (Å²) in [6.07, 6.45) is 0. The molecular weight excluding hydrogens is 232 g/mol. The summed E-state index contributed by atoms with van der Waals surface area (Å²) in [5.74, 6) is -0.756. The number of hydrogen-bond acceptors (Lipinski definition) is 7. The fraction of sp³-hybridized carbons (Fsp3) is 0.400. The molecule has 3 N–H and O–H groups in total. The lowest BCUT2D eigenvalue weighted by Crippen LogP contribution is -2.15. The van der Waals surface area contributed by atoms with E-state index in [1.54, 1.807) is 0 Å². The number of nitrogens with two attached hydrogens (primary N) is 1. The molecule has 0 aliphatic rings. The second kappa shape index (κ2) is 4.03. The highest BCUT2D eigenvalue weighted by Gasteiger charge is 2.18. The number of sulfone groups is 1. The van der Waals surface area contributed by atoms with E-state index in [2.05, 4.69) is 15.0 Å². The van der Waals surface area contributed by atoms with E-state index in [-0.39, 0.29) is 11.2 Å². The monoisotopic (exact) mass is 238 g/mol. The van der Waals surface area contributed by atoms with Gasteiger partial charge in [0, 0.05) is 0 Å². The van der Waals surface area contributed by atoms with Crippen LogP contribution in [0.2, 0.25) is 5.28 Å². The Bertz CT molecular complexity index is 414. The van der Waals surface area contributed by atoms with Gasteiger partial charge in [0.15, 0.2) is 0 Å². The Kier molecular flexibility index (Phi) is 3.19. The van der Waals surface area contributed by atoms with Gasteiger partial charge in [-0.3, -0.25) is 0 Å². The van der Waals surface area contributed by atoms with Gasteiger partial charge in [0.2, 0.25) is 21.1 Å². The van der Waals surface area contributed by atoms with Crippen LogP contribution in [-0.4, -0.2) is 40.8 Å². The van der Waals surface area contributed by atoms with Gasteiger partial charge in [-0.2, -0.15) is 15.0 Å². The fourth-order valence-corrected chi connectivity index (χ4v) is 1.79. The summed E-state index contributed by atoms with van der Waals surface area (Å²) in [7, 11) is -3.73. The number of hydrogen-bond donors (Lipinski definition) is 2. The van der Waals surface area contributed by atoms with E-state index < -0.39 is 27.4 Å². The maximum absolute atomic E-state index is 11.3. The average molecular weight is 239 g/mol. The molecule has 78 valence electrons. The topological polar surface area (TPSA) is 119 Å². The van der Waals surface area contributed by atoms with Crippen LogP contribution in [-0.2, 0) is 9.84 Å². The molecule has 0 aliphatic heterocycles. The number of anilines is 1. The molecule has 0 saturated carbocycles. The number of rotatable bonds is 3. The lowest BCUT2D eigenvalue weighted by Gasteiger charge is -2.00. The molecule has 1 aromatic rings. The number of aromatic nitrogens is 3. The van der Waals surface area contributed by atoms with Gasteiger partial charge in [-0.05, 0) is 11.6 Å². The number of halogens is 1. The van der Waals surface area contributed by atoms with Crippen LogP contribution in [0.5, 0.6) is 0 Å². The molecule has 0 radical (unpaired) electrons. The quantitative estimate of drug-likeness (QED) is 0.684. The molecule has 9 heteroatoms. The molecule has 0 saturated heterocycles. The van der Waals surface area contributed by atoms with E-state index in [1.807, 2.05) is 0 Å². The van der Waals surface area contributed by atoms with Crippen LogP contribution in [0.4, 0.5) is 5.95 Å². The Morgan fingerprint density at radius 3 is 2.50 bits per heavy atom. The molecule has 7 nitrogen and oxygen atoms in total. The van der Waals surface area contributed by atoms with Crippen molar-refractivity contribution in [2.45, 2.75) is 5.16 Å². The largest absolute Gasteiger partial charge is 0.395 e. The van der Waals surface area contributed by atoms with Crippen molar-refractivity contribution in [1.29, 1.82) is 0 Å². The van der Waals surface area contributed by atoms with Gasteiger partial charge >= 0.3 is 0 Å². The first-order valence-electron chi connectivity index (χ1n) is 3.46. The zero-order chi connectivity index (χ0) is 10.8. The molecule has 0 fully saturated rings. The van der Waals surface area contributed by atoms with E-state index in [0.29, 0.717) is 0 Å². The van der Waals surface area contributed by atoms with Gasteiger partial charge in [-0.15, -0.1) is 0 Å². The number of aliphatic hydroxyl groups is 1. The summed E-state index contributed by atoms with van der Waals surface area (Å²) in [6, 6.07) is 0. The lowest BCUT2D eigenvalue weighted by atomic mass is 10.9. The van der Waals surface area contributed by atoms with E-state index in [4.69, 9.17) is 22.4 Å². The van der Waals surface area contributed by atoms with Crippen LogP contribution in [0.3, 0.4) is 0 Å². The Morgan fingerprint density at radius 2 is 2.00 bits per heavy atom. The molecule has 0 amide bonds. The van der Waals surface area contributed by atoms with Crippen molar-refractivity contribution in [2.75, 3.05) is 18.1 Å². The maximum Gasteiger partial charge on any atom is 0.253 e. The van der Waals surface area contributed by atoms with Gasteiger partial charge in [0.25, 0.3) is 5.16 Å². The second-order valence-corrected chi connectivity index (χ2v) is 4.63. The van der Waals surface area contributed by atoms with Crippen LogP contribution in [0, 0.1) is 0 Å². The maximum atomic E-state index is 11.3. The first-order chi connectivity index (χ1) is 6.45. The molecule has 1 rings (SSSR count). The number of aliphatic hydroxyl groups excluding tert-OH is 1. The minimum absolute atomic E-state index is 0.276. The molecule has 0 spiro atoms. The van der Waals surface area contributed by atoms with Gasteiger partial charge in [0.05, 0.1) is 12.4 Å². The summed E-state index contributed by atoms with van der Waals surface area (Å²) in [5, 5.41) is 7.67. The Labute approximate surface area is 84.9 Å². The third kappa shape index (κ3) is 2.50. The molecule has 1 heterocycles. The van der Waals surface area contributed by atoms with Crippen molar-refractivity contribution in [3.05, 3.63) is 5.28 Å². The minimum atomic E-state index is -3.73. The van der Waals surface area contributed by atoms with Crippen molar-refractivity contribution >= 4 is 27.4 Å². The Hall–Kier alpha value is -0.990. The standard InChI is InChI=1S/C5H7ClN4O3S/c6-3-8-4(7)10-5(9-3)14(12,13)2-1-11/h11H,1-2H2,(H2,7,8,9,10). The normalized spacial score (nSPS) is 11.6. The zero-order valence-electron chi connectivity index (χ0n) is 6.88. The highest BCUT2D eigenvalue weighted by Crippen LogP contribution is 2.09. The molecule has 1 aromatic heterocycles. The predicted octanol–water partition coefficient (Wildman–Crippen LogP) is -1.13. The van der Waals surface area contributed by atoms with Crippen LogP contribution >= 0.6 is 11.6 Å². The van der Waals surface area contributed by atoms with Gasteiger partial charge in [-0.25, -0.2) is 8.42 Å². The first kappa shape index (κ1) is 11.1. The number of nitrogen functional groups attached to an aromatic ring is 1. The average Bonchev–Trinajstić information content (AvgIpc) is 2.02. The van der Waals surface area contributed by atoms with Crippen LogP contribution in [0.15, 0.2) is 5.16 Å². The summed E-state index contributed by atoms with van der Waals surface area (Å²) in [5.41, 5.74) is 5.18. The molecule has 0 bridgehead atoms. The highest BCUT2D eigenvalue weighted by atomic mass is 35.5. The van der Waals surface area contributed by atoms with Crippen molar-refractivity contribution in [3.8, 4) is 0 Å². The Balaban J connectivity index is 3.19. The SMILES string of the molecule is Nc1nc(Cl)nc(S(=O)(=O)CCO)n1. The first-order valence-corrected chi connectivity index (χ1v) is 5.49. The van der Waals surface area contributed by atoms with E-state index in [9.17, 15) is 8.42 Å². The highest BCUT2D eigenvalue weighted by molar-refractivity contribution is 7.91. The summed E-state index contributed by atoms with van der Waals surface area (Å²) < 4.78 is 22.6. The van der Waals surface area contributed by atoms with Gasteiger partial charge < -0.3 is 10.8 Å². The molecule has 0 unspecified atom stereocenters. The third-order valence-electron chi connectivity index (χ3n) is 1.24. The summed E-state index contributed by atoms with van der Waals surface area (Å²) >= 11 is 5.39. The van der Waals surface area contributed by atoms with Crippen LogP contribution in [0.25, 0.3) is 0 Å². The Morgan fingerprint density at radius 1 is 1.36 bits per heavy atom. The molecule has 0 aromatic carbocycles. The summed E-state index contributed by atoms with van der Waals surface area (Å²) in [4.78, 5) is 10.2. The van der Waals surface area contributed by atoms with Crippen molar-refractivity contribution in [2.24, 2.45) is 0 Å². The minimum Gasteiger partial charge on any atom is -0.395 e. The zero-order valence-corrected chi connectivity index (χ0v) is 8.46. The van der Waals surface area contributed by atoms with Gasteiger partial charge in [0.1, 0.15) is 0 Å². The summed E-state index contributed by atoms with van der Waals surface area (Å²) in [6.45, 7) is -0.522. The fourth-order valence-electron chi connectivity index (χ4n) is 0.697. The molecule has 0 aliphatic carbocycles. The second-order valence-electron chi connectivity index (χ2n) is 2.29. The van der Waals surface area contributed by atoms with E-state index in [0.717, 1.165) is 0 Å². The van der Waals surface area contributed by atoms with Crippen molar-refractivity contribution in [1.82, 2.24) is 15.0 Å². The van der Waals surface area contributed by atoms with Crippen LogP contribution < -0.4 is 5.73 Å². The number of nitrogens with zero attached hydrogens (tertiary/aromatic N) is 3. The molecule has 0 atom stereocenters. The predicted molar refractivity (Wildman–Crippen MR) is 48.4 cm³/mol. The van der Waals surface area contributed by atoms with Crippen LogP contribution in [0.1, 0.15) is 0 Å². The molecule has 14 heavy (non-hydrogen) atoms. The lowest BCUT2D eigenvalue weighted by molar-refractivity contribution is 0.319.